The topological polar surface area (TPSA) is 75.6 Å². The zero-order valence-electron chi connectivity index (χ0n) is 13.7. The van der Waals surface area contributed by atoms with Gasteiger partial charge in [0.05, 0.1) is 0 Å². The largest absolute Gasteiger partial charge is 0.480 e. The van der Waals surface area contributed by atoms with E-state index in [-0.39, 0.29) is 12.8 Å². The molecule has 6 heteroatoms. The first-order valence-corrected chi connectivity index (χ1v) is 7.92. The lowest BCUT2D eigenvalue weighted by atomic mass is 9.92. The standard InChI is InChI=1S/C19H18FNO4/c1-19(18(23)24,11-12-5-3-2-4-6-12)21-17(22)16-10-13-9-14(20)7-8-15(13)25-16/h2-9,16H,10-11H2,1H3,(H,21,22)(H,23,24)/t16-,19+/m0/s1. The molecule has 1 aliphatic rings. The van der Waals surface area contributed by atoms with Gasteiger partial charge in [0.15, 0.2) is 6.10 Å². The van der Waals surface area contributed by atoms with Gasteiger partial charge in [-0.15, -0.1) is 0 Å². The number of carboxylic acids is 1. The van der Waals surface area contributed by atoms with E-state index in [0.717, 1.165) is 5.56 Å². The highest BCUT2D eigenvalue weighted by Crippen LogP contribution is 2.29. The van der Waals surface area contributed by atoms with Crippen molar-refractivity contribution in [1.82, 2.24) is 5.32 Å². The fourth-order valence-corrected chi connectivity index (χ4v) is 2.89. The molecule has 0 unspecified atom stereocenters. The van der Waals surface area contributed by atoms with E-state index in [0.29, 0.717) is 11.3 Å². The van der Waals surface area contributed by atoms with Crippen molar-refractivity contribution in [2.24, 2.45) is 0 Å². The highest BCUT2D eigenvalue weighted by atomic mass is 19.1. The van der Waals surface area contributed by atoms with Crippen LogP contribution in [0.1, 0.15) is 18.1 Å². The summed E-state index contributed by atoms with van der Waals surface area (Å²) in [5, 5.41) is 12.2. The summed E-state index contributed by atoms with van der Waals surface area (Å²) in [6, 6.07) is 13.1. The molecule has 0 bridgehead atoms. The highest BCUT2D eigenvalue weighted by Gasteiger charge is 2.39. The molecule has 0 aliphatic carbocycles. The quantitative estimate of drug-likeness (QED) is 0.874. The molecule has 1 heterocycles. The van der Waals surface area contributed by atoms with E-state index in [1.807, 2.05) is 18.2 Å². The number of fused-ring (bicyclic) bond motifs is 1. The molecule has 130 valence electrons. The Labute approximate surface area is 144 Å². The van der Waals surface area contributed by atoms with Crippen molar-refractivity contribution >= 4 is 11.9 Å². The summed E-state index contributed by atoms with van der Waals surface area (Å²) in [5.41, 5.74) is -0.0763. The van der Waals surface area contributed by atoms with E-state index in [4.69, 9.17) is 4.74 Å². The van der Waals surface area contributed by atoms with Crippen molar-refractivity contribution in [2.45, 2.75) is 31.4 Å². The minimum absolute atomic E-state index is 0.142. The molecule has 0 saturated heterocycles. The second kappa shape index (κ2) is 6.55. The molecule has 0 radical (unpaired) electrons. The number of nitrogens with one attached hydrogen (secondary N) is 1. The fraction of sp³-hybridized carbons (Fsp3) is 0.263. The number of carbonyl (C=O) groups excluding carboxylic acids is 1. The third-order valence-corrected chi connectivity index (χ3v) is 4.26. The molecule has 1 aliphatic heterocycles. The molecule has 1 amide bonds. The first-order valence-electron chi connectivity index (χ1n) is 7.92. The fourth-order valence-electron chi connectivity index (χ4n) is 2.89. The van der Waals surface area contributed by atoms with Crippen molar-refractivity contribution < 1.29 is 23.8 Å². The van der Waals surface area contributed by atoms with Crippen LogP contribution in [0, 0.1) is 5.82 Å². The molecule has 3 rings (SSSR count). The molecule has 0 fully saturated rings. The zero-order chi connectivity index (χ0) is 18.0. The van der Waals surface area contributed by atoms with Crippen LogP contribution in [0.4, 0.5) is 4.39 Å². The summed E-state index contributed by atoms with van der Waals surface area (Å²) in [4.78, 5) is 24.2. The van der Waals surface area contributed by atoms with E-state index in [1.54, 1.807) is 12.1 Å². The molecule has 2 aromatic rings. The molecule has 0 saturated carbocycles. The predicted octanol–water partition coefficient (Wildman–Crippen LogP) is 2.33. The van der Waals surface area contributed by atoms with Gasteiger partial charge in [0.25, 0.3) is 5.91 Å². The Kier molecular flexibility index (Phi) is 4.44. The Morgan fingerprint density at radius 1 is 1.28 bits per heavy atom. The van der Waals surface area contributed by atoms with Crippen molar-refractivity contribution in [3.05, 3.63) is 65.5 Å². The summed E-state index contributed by atoms with van der Waals surface area (Å²) >= 11 is 0. The Morgan fingerprint density at radius 3 is 2.68 bits per heavy atom. The number of hydrogen-bond acceptors (Lipinski definition) is 3. The lowest BCUT2D eigenvalue weighted by Gasteiger charge is -2.27. The summed E-state index contributed by atoms with van der Waals surface area (Å²) < 4.78 is 18.8. The number of ether oxygens (including phenoxy) is 1. The monoisotopic (exact) mass is 343 g/mol. The minimum Gasteiger partial charge on any atom is -0.480 e. The number of aliphatic carboxylic acids is 1. The van der Waals surface area contributed by atoms with Crippen molar-refractivity contribution in [2.75, 3.05) is 0 Å². The van der Waals surface area contributed by atoms with Gasteiger partial charge in [-0.2, -0.15) is 0 Å². The average Bonchev–Trinajstić information content (AvgIpc) is 2.98. The Hall–Kier alpha value is -2.89. The summed E-state index contributed by atoms with van der Waals surface area (Å²) in [7, 11) is 0. The molecular weight excluding hydrogens is 325 g/mol. The number of halogens is 1. The Balaban J connectivity index is 1.73. The molecule has 0 spiro atoms. The van der Waals surface area contributed by atoms with E-state index in [2.05, 4.69) is 5.32 Å². The van der Waals surface area contributed by atoms with Gasteiger partial charge in [-0.25, -0.2) is 9.18 Å². The number of amides is 1. The van der Waals surface area contributed by atoms with E-state index < -0.39 is 29.3 Å². The van der Waals surface area contributed by atoms with Crippen LogP contribution in [-0.2, 0) is 22.4 Å². The second-order valence-electron chi connectivity index (χ2n) is 6.35. The lowest BCUT2D eigenvalue weighted by Crippen LogP contribution is -2.56. The maximum absolute atomic E-state index is 13.3. The number of hydrogen-bond donors (Lipinski definition) is 2. The Bertz CT molecular complexity index is 808. The smallest absolute Gasteiger partial charge is 0.329 e. The van der Waals surface area contributed by atoms with Crippen LogP contribution in [0.25, 0.3) is 0 Å². The molecule has 0 aromatic heterocycles. The first-order chi connectivity index (χ1) is 11.9. The number of benzene rings is 2. The van der Waals surface area contributed by atoms with Crippen LogP contribution in [0.15, 0.2) is 48.5 Å². The van der Waals surface area contributed by atoms with Gasteiger partial charge >= 0.3 is 5.97 Å². The van der Waals surface area contributed by atoms with Crippen molar-refractivity contribution in [1.29, 1.82) is 0 Å². The van der Waals surface area contributed by atoms with E-state index in [9.17, 15) is 19.1 Å². The number of carboxylic acid groups (broad SMARTS) is 1. The summed E-state index contributed by atoms with van der Waals surface area (Å²) in [6.45, 7) is 1.46. The maximum atomic E-state index is 13.3. The number of carbonyl (C=O) groups is 2. The van der Waals surface area contributed by atoms with E-state index in [1.165, 1.54) is 25.1 Å². The molecule has 2 atom stereocenters. The van der Waals surface area contributed by atoms with Crippen LogP contribution >= 0.6 is 0 Å². The SMILES string of the molecule is C[C@](Cc1ccccc1)(NC(=O)[C@@H]1Cc2cc(F)ccc2O1)C(=O)O. The summed E-state index contributed by atoms with van der Waals surface area (Å²) in [6.07, 6.45) is -0.519. The van der Waals surface area contributed by atoms with Gasteiger partial charge < -0.3 is 15.2 Å². The zero-order valence-corrected chi connectivity index (χ0v) is 13.7. The number of rotatable bonds is 5. The van der Waals surface area contributed by atoms with Crippen LogP contribution in [0.2, 0.25) is 0 Å². The summed E-state index contributed by atoms with van der Waals surface area (Å²) in [5.74, 6) is -1.62. The molecule has 25 heavy (non-hydrogen) atoms. The van der Waals surface area contributed by atoms with Crippen LogP contribution in [0.3, 0.4) is 0 Å². The van der Waals surface area contributed by atoms with Crippen LogP contribution in [-0.4, -0.2) is 28.6 Å². The molecule has 2 N–H and O–H groups in total. The van der Waals surface area contributed by atoms with Crippen molar-refractivity contribution in [3.63, 3.8) is 0 Å². The lowest BCUT2D eigenvalue weighted by molar-refractivity contribution is -0.148. The van der Waals surface area contributed by atoms with Gasteiger partial charge in [0, 0.05) is 18.4 Å². The Morgan fingerprint density at radius 2 is 2.00 bits per heavy atom. The molecular formula is C19H18FNO4. The van der Waals surface area contributed by atoms with Gasteiger partial charge in [0.1, 0.15) is 17.1 Å². The maximum Gasteiger partial charge on any atom is 0.329 e. The van der Waals surface area contributed by atoms with Crippen LogP contribution < -0.4 is 10.1 Å². The highest BCUT2D eigenvalue weighted by molar-refractivity contribution is 5.89. The van der Waals surface area contributed by atoms with Crippen molar-refractivity contribution in [3.8, 4) is 5.75 Å². The minimum atomic E-state index is -1.47. The van der Waals surface area contributed by atoms with Gasteiger partial charge in [-0.1, -0.05) is 30.3 Å². The predicted molar refractivity (Wildman–Crippen MR) is 88.8 cm³/mol. The first kappa shape index (κ1) is 17.0. The third kappa shape index (κ3) is 3.63. The second-order valence-corrected chi connectivity index (χ2v) is 6.35. The normalized spacial score (nSPS) is 17.9. The third-order valence-electron chi connectivity index (χ3n) is 4.26. The van der Waals surface area contributed by atoms with Gasteiger partial charge in [-0.3, -0.25) is 4.79 Å². The van der Waals surface area contributed by atoms with Gasteiger partial charge in [0.2, 0.25) is 0 Å². The van der Waals surface area contributed by atoms with Gasteiger partial charge in [-0.05, 0) is 30.7 Å². The van der Waals surface area contributed by atoms with E-state index >= 15 is 0 Å². The molecule has 5 nitrogen and oxygen atoms in total. The van der Waals surface area contributed by atoms with Crippen LogP contribution in [0.5, 0.6) is 5.75 Å². The molecule has 2 aromatic carbocycles. The average molecular weight is 343 g/mol.